The van der Waals surface area contributed by atoms with Crippen LogP contribution in [0.2, 0.25) is 0 Å². The topological polar surface area (TPSA) is 64.8 Å². The predicted molar refractivity (Wildman–Crippen MR) is 82.4 cm³/mol. The van der Waals surface area contributed by atoms with Gasteiger partial charge in [0, 0.05) is 19.5 Å². The fraction of sp³-hybridized carbons (Fsp3) is 0.562. The second-order valence-corrected chi connectivity index (χ2v) is 5.21. The minimum absolute atomic E-state index is 0.184. The first-order valence-electron chi connectivity index (χ1n) is 7.57. The van der Waals surface area contributed by atoms with Gasteiger partial charge in [-0.1, -0.05) is 13.0 Å². The van der Waals surface area contributed by atoms with Crippen molar-refractivity contribution in [1.82, 2.24) is 4.90 Å². The summed E-state index contributed by atoms with van der Waals surface area (Å²) in [7, 11) is 0. The molecule has 0 spiro atoms. The molecule has 5 heteroatoms. The number of aryl methyl sites for hydroxylation is 1. The molecule has 1 heterocycles. The van der Waals surface area contributed by atoms with Crippen molar-refractivity contribution in [1.29, 1.82) is 0 Å². The molecule has 1 saturated heterocycles. The summed E-state index contributed by atoms with van der Waals surface area (Å²) in [6.07, 6.45) is 2.16. The highest BCUT2D eigenvalue weighted by Crippen LogP contribution is 2.23. The van der Waals surface area contributed by atoms with Crippen LogP contribution in [0.5, 0.6) is 5.75 Å². The molecule has 1 fully saturated rings. The molecule has 0 aliphatic carbocycles. The average molecular weight is 292 g/mol. The standard InChI is InChI=1S/C16H24N2O3/c1-2-9-21-15-5-3-13(12-14(15)17)4-6-16(19)18-7-10-20-11-8-18/h3,5,12H,2,4,6-11,17H2,1H3. The van der Waals surface area contributed by atoms with Crippen LogP contribution in [-0.2, 0) is 16.0 Å². The van der Waals surface area contributed by atoms with E-state index in [0.29, 0.717) is 51.4 Å². The molecule has 0 atom stereocenters. The lowest BCUT2D eigenvalue weighted by molar-refractivity contribution is -0.135. The summed E-state index contributed by atoms with van der Waals surface area (Å²) in [5, 5.41) is 0. The molecule has 2 rings (SSSR count). The van der Waals surface area contributed by atoms with Crippen molar-refractivity contribution in [2.24, 2.45) is 0 Å². The van der Waals surface area contributed by atoms with Crippen LogP contribution < -0.4 is 10.5 Å². The summed E-state index contributed by atoms with van der Waals surface area (Å²) in [5.41, 5.74) is 7.68. The van der Waals surface area contributed by atoms with Gasteiger partial charge in [0.1, 0.15) is 5.75 Å². The molecule has 1 aromatic rings. The highest BCUT2D eigenvalue weighted by molar-refractivity contribution is 5.76. The molecule has 5 nitrogen and oxygen atoms in total. The van der Waals surface area contributed by atoms with Gasteiger partial charge in [-0.05, 0) is 30.5 Å². The van der Waals surface area contributed by atoms with Crippen LogP contribution in [0.25, 0.3) is 0 Å². The highest BCUT2D eigenvalue weighted by atomic mass is 16.5. The number of carbonyl (C=O) groups is 1. The summed E-state index contributed by atoms with van der Waals surface area (Å²) in [5.74, 6) is 0.906. The lowest BCUT2D eigenvalue weighted by atomic mass is 10.1. The molecule has 0 radical (unpaired) electrons. The number of hydrogen-bond donors (Lipinski definition) is 1. The van der Waals surface area contributed by atoms with Crippen molar-refractivity contribution in [3.8, 4) is 5.75 Å². The normalized spacial score (nSPS) is 15.0. The monoisotopic (exact) mass is 292 g/mol. The van der Waals surface area contributed by atoms with Gasteiger partial charge < -0.3 is 20.1 Å². The zero-order valence-corrected chi connectivity index (χ0v) is 12.6. The first-order valence-corrected chi connectivity index (χ1v) is 7.57. The maximum atomic E-state index is 12.1. The Kier molecular flexibility index (Phi) is 5.87. The van der Waals surface area contributed by atoms with Crippen LogP contribution in [0.15, 0.2) is 18.2 Å². The molecule has 1 aliphatic rings. The van der Waals surface area contributed by atoms with Crippen molar-refractivity contribution < 1.29 is 14.3 Å². The molecule has 0 bridgehead atoms. The van der Waals surface area contributed by atoms with E-state index in [1.54, 1.807) is 0 Å². The quantitative estimate of drug-likeness (QED) is 0.813. The first kappa shape index (κ1) is 15.6. The maximum Gasteiger partial charge on any atom is 0.223 e. The molecule has 0 aromatic heterocycles. The largest absolute Gasteiger partial charge is 0.491 e. The lowest BCUT2D eigenvalue weighted by Gasteiger charge is -2.26. The van der Waals surface area contributed by atoms with E-state index in [4.69, 9.17) is 15.2 Å². The molecule has 116 valence electrons. The van der Waals surface area contributed by atoms with Crippen LogP contribution in [0.4, 0.5) is 5.69 Å². The van der Waals surface area contributed by atoms with Crippen molar-refractivity contribution in [2.75, 3.05) is 38.6 Å². The summed E-state index contributed by atoms with van der Waals surface area (Å²) in [4.78, 5) is 13.9. The van der Waals surface area contributed by atoms with Gasteiger partial charge in [-0.3, -0.25) is 4.79 Å². The maximum absolute atomic E-state index is 12.1. The zero-order valence-electron chi connectivity index (χ0n) is 12.6. The van der Waals surface area contributed by atoms with Gasteiger partial charge in [0.25, 0.3) is 0 Å². The van der Waals surface area contributed by atoms with E-state index < -0.39 is 0 Å². The average Bonchev–Trinajstić information content (AvgIpc) is 2.52. The molecular formula is C16H24N2O3. The van der Waals surface area contributed by atoms with Gasteiger partial charge >= 0.3 is 0 Å². The number of morpholine rings is 1. The van der Waals surface area contributed by atoms with Crippen LogP contribution in [0.3, 0.4) is 0 Å². The molecule has 2 N–H and O–H groups in total. The van der Waals surface area contributed by atoms with E-state index in [1.807, 2.05) is 23.1 Å². The summed E-state index contributed by atoms with van der Waals surface area (Å²) >= 11 is 0. The minimum Gasteiger partial charge on any atom is -0.491 e. The number of amides is 1. The number of benzene rings is 1. The van der Waals surface area contributed by atoms with Gasteiger partial charge in [-0.25, -0.2) is 0 Å². The Labute approximate surface area is 126 Å². The van der Waals surface area contributed by atoms with Crippen LogP contribution in [0, 0.1) is 0 Å². The molecular weight excluding hydrogens is 268 g/mol. The predicted octanol–water partition coefficient (Wildman–Crippen LogP) is 1.85. The fourth-order valence-corrected chi connectivity index (χ4v) is 2.32. The number of hydrogen-bond acceptors (Lipinski definition) is 4. The van der Waals surface area contributed by atoms with E-state index in [-0.39, 0.29) is 5.91 Å². The molecule has 1 amide bonds. The molecule has 21 heavy (non-hydrogen) atoms. The number of nitrogens with two attached hydrogens (primary N) is 1. The third-order valence-corrected chi connectivity index (χ3v) is 3.53. The third kappa shape index (κ3) is 4.63. The Hall–Kier alpha value is -1.75. The van der Waals surface area contributed by atoms with Gasteiger partial charge in [0.05, 0.1) is 25.5 Å². The summed E-state index contributed by atoms with van der Waals surface area (Å²) in [6, 6.07) is 5.77. The number of carbonyl (C=O) groups excluding carboxylic acids is 1. The third-order valence-electron chi connectivity index (χ3n) is 3.53. The summed E-state index contributed by atoms with van der Waals surface area (Å²) < 4.78 is 10.8. The number of nitrogens with zero attached hydrogens (tertiary/aromatic N) is 1. The van der Waals surface area contributed by atoms with Crippen LogP contribution in [0.1, 0.15) is 25.3 Å². The number of anilines is 1. The summed E-state index contributed by atoms with van der Waals surface area (Å²) in [6.45, 7) is 5.40. The minimum atomic E-state index is 0.184. The van der Waals surface area contributed by atoms with Crippen molar-refractivity contribution >= 4 is 11.6 Å². The second-order valence-electron chi connectivity index (χ2n) is 5.21. The van der Waals surface area contributed by atoms with Crippen molar-refractivity contribution in [3.63, 3.8) is 0 Å². The fourth-order valence-electron chi connectivity index (χ4n) is 2.32. The molecule has 1 aliphatic heterocycles. The number of ether oxygens (including phenoxy) is 2. The van der Waals surface area contributed by atoms with Gasteiger partial charge in [0.2, 0.25) is 5.91 Å². The lowest BCUT2D eigenvalue weighted by Crippen LogP contribution is -2.40. The molecule has 0 unspecified atom stereocenters. The Balaban J connectivity index is 1.85. The van der Waals surface area contributed by atoms with Crippen molar-refractivity contribution in [2.45, 2.75) is 26.2 Å². The molecule has 1 aromatic carbocycles. The molecule has 0 saturated carbocycles. The van der Waals surface area contributed by atoms with Gasteiger partial charge in [-0.15, -0.1) is 0 Å². The SMILES string of the molecule is CCCOc1ccc(CCC(=O)N2CCOCC2)cc1N. The van der Waals surface area contributed by atoms with Crippen LogP contribution >= 0.6 is 0 Å². The zero-order chi connectivity index (χ0) is 15.1. The van der Waals surface area contributed by atoms with Crippen LogP contribution in [-0.4, -0.2) is 43.7 Å². The van der Waals surface area contributed by atoms with E-state index >= 15 is 0 Å². The van der Waals surface area contributed by atoms with E-state index in [0.717, 1.165) is 17.7 Å². The first-order chi connectivity index (χ1) is 10.2. The Morgan fingerprint density at radius 3 is 2.81 bits per heavy atom. The van der Waals surface area contributed by atoms with Crippen molar-refractivity contribution in [3.05, 3.63) is 23.8 Å². The van der Waals surface area contributed by atoms with E-state index in [2.05, 4.69) is 6.92 Å². The number of nitrogen functional groups attached to an aromatic ring is 1. The highest BCUT2D eigenvalue weighted by Gasteiger charge is 2.16. The number of rotatable bonds is 6. The Morgan fingerprint density at radius 2 is 2.14 bits per heavy atom. The van der Waals surface area contributed by atoms with Gasteiger partial charge in [-0.2, -0.15) is 0 Å². The van der Waals surface area contributed by atoms with E-state index in [1.165, 1.54) is 0 Å². The second kappa shape index (κ2) is 7.88. The smallest absolute Gasteiger partial charge is 0.223 e. The van der Waals surface area contributed by atoms with Gasteiger partial charge in [0.15, 0.2) is 0 Å². The van der Waals surface area contributed by atoms with E-state index in [9.17, 15) is 4.79 Å². The Bertz CT molecular complexity index is 471. The Morgan fingerprint density at radius 1 is 1.38 bits per heavy atom.